The lowest BCUT2D eigenvalue weighted by molar-refractivity contribution is 0.275. The van der Waals surface area contributed by atoms with Gasteiger partial charge in [0.15, 0.2) is 0 Å². The second-order valence-corrected chi connectivity index (χ2v) is 1.95. The average Bonchev–Trinajstić information content (AvgIpc) is 1.27. The highest BCUT2D eigenvalue weighted by atomic mass is 31.2. The van der Waals surface area contributed by atoms with Gasteiger partial charge >= 0.3 is 17.4 Å². The minimum Gasteiger partial charge on any atom is -0.405 e. The molecule has 0 aliphatic carbocycles. The van der Waals surface area contributed by atoms with Crippen LogP contribution in [0.25, 0.3) is 0 Å². The van der Waals surface area contributed by atoms with Crippen molar-refractivity contribution in [3.8, 4) is 0 Å². The zero-order valence-corrected chi connectivity index (χ0v) is 5.81. The summed E-state index contributed by atoms with van der Waals surface area (Å²) in [6.45, 7) is 0. The fraction of sp³-hybridized carbons (Fsp3) is 0. The average molecular weight is 159 g/mol. The van der Waals surface area contributed by atoms with E-state index in [0.29, 0.717) is 0 Å². The lowest BCUT2D eigenvalue weighted by atomic mass is 13.9. The summed E-state index contributed by atoms with van der Waals surface area (Å²) in [6.07, 6.45) is 0. The molecule has 8 heteroatoms. The Labute approximate surface area is 47.5 Å². The normalized spacial score (nSPS) is 8.88. The number of hydrogen-bond donors (Lipinski definition) is 4. The van der Waals surface area contributed by atoms with Crippen molar-refractivity contribution in [1.82, 2.24) is 0 Å². The zero-order valence-electron chi connectivity index (χ0n) is 3.76. The van der Waals surface area contributed by atoms with Crippen LogP contribution in [0, 0.1) is 0 Å². The van der Waals surface area contributed by atoms with Crippen molar-refractivity contribution in [3.05, 3.63) is 0 Å². The topological polar surface area (TPSA) is 121 Å². The van der Waals surface area contributed by atoms with Gasteiger partial charge in [0.2, 0.25) is 0 Å². The Hall–Kier alpha value is -0.0731. The number of rotatable bonds is 0. The van der Waals surface area contributed by atoms with E-state index in [4.69, 9.17) is 23.7 Å². The zero-order chi connectivity index (χ0) is 7.21. The van der Waals surface area contributed by atoms with Crippen LogP contribution in [0.3, 0.4) is 0 Å². The van der Waals surface area contributed by atoms with Crippen molar-refractivity contribution < 1.29 is 23.7 Å². The van der Waals surface area contributed by atoms with Crippen LogP contribution in [0.2, 0.25) is 0 Å². The lowest BCUT2D eigenvalue weighted by Gasteiger charge is -1.82. The SMILES string of the molecule is N[SiH]=O.O=P(O)(O)O. The highest BCUT2D eigenvalue weighted by Gasteiger charge is 2.00. The summed E-state index contributed by atoms with van der Waals surface area (Å²) in [5.41, 5.74) is 0. The quantitative estimate of drug-likeness (QED) is 0.233. The van der Waals surface area contributed by atoms with Gasteiger partial charge in [-0.2, -0.15) is 0 Å². The first-order chi connectivity index (χ1) is 3.41. The van der Waals surface area contributed by atoms with Crippen LogP contribution in [0.4, 0.5) is 0 Å². The van der Waals surface area contributed by atoms with Crippen molar-refractivity contribution >= 4 is 17.4 Å². The molecule has 0 spiro atoms. The minimum absolute atomic E-state index is 1.00. The largest absolute Gasteiger partial charge is 0.466 e. The van der Waals surface area contributed by atoms with Crippen LogP contribution in [0.15, 0.2) is 0 Å². The first-order valence-corrected chi connectivity index (χ1v) is 4.05. The van der Waals surface area contributed by atoms with Gasteiger partial charge in [-0.05, 0) is 0 Å². The molecule has 0 atom stereocenters. The van der Waals surface area contributed by atoms with Gasteiger partial charge in [-0.3, -0.25) is 0 Å². The molecule has 0 aromatic heterocycles. The van der Waals surface area contributed by atoms with E-state index in [-0.39, 0.29) is 0 Å². The van der Waals surface area contributed by atoms with Crippen molar-refractivity contribution in [1.29, 1.82) is 0 Å². The van der Waals surface area contributed by atoms with Crippen molar-refractivity contribution in [2.24, 2.45) is 5.40 Å². The van der Waals surface area contributed by atoms with Crippen LogP contribution in [-0.2, 0) is 9.03 Å². The van der Waals surface area contributed by atoms with Gasteiger partial charge in [0.05, 0.1) is 0 Å². The van der Waals surface area contributed by atoms with Crippen LogP contribution in [-0.4, -0.2) is 24.2 Å². The molecule has 0 aliphatic heterocycles. The predicted octanol–water partition coefficient (Wildman–Crippen LogP) is -2.29. The van der Waals surface area contributed by atoms with E-state index in [0.717, 1.165) is 0 Å². The number of hydrogen-bond acceptors (Lipinski definition) is 2. The summed E-state index contributed by atoms with van der Waals surface area (Å²) < 4.78 is 17.7. The molecule has 8 heavy (non-hydrogen) atoms. The standard InChI is InChI=1S/H3NOSi.H3O4P/c1-3-2;1-5(2,3)4/h3H,1H2;(H3,1,2,3,4). The van der Waals surface area contributed by atoms with Gasteiger partial charge in [-0.1, -0.05) is 0 Å². The first-order valence-electron chi connectivity index (χ1n) is 1.35. The third kappa shape index (κ3) is 26900. The Bertz CT molecular complexity index is 86.3. The fourth-order valence-corrected chi connectivity index (χ4v) is 0. The molecule has 0 saturated heterocycles. The molecule has 0 radical (unpaired) electrons. The first kappa shape index (κ1) is 10.8. The van der Waals surface area contributed by atoms with Gasteiger partial charge < -0.3 is 24.5 Å². The van der Waals surface area contributed by atoms with Crippen molar-refractivity contribution in [2.45, 2.75) is 0 Å². The Kier molecular flexibility index (Phi) is 6.86. The molecule has 0 rings (SSSR count). The monoisotopic (exact) mass is 159 g/mol. The Morgan fingerprint density at radius 2 is 1.38 bits per heavy atom. The van der Waals surface area contributed by atoms with Crippen molar-refractivity contribution in [3.63, 3.8) is 0 Å². The summed E-state index contributed by atoms with van der Waals surface area (Å²) in [5.74, 6) is 0. The van der Waals surface area contributed by atoms with E-state index >= 15 is 0 Å². The molecule has 0 unspecified atom stereocenters. The smallest absolute Gasteiger partial charge is 0.405 e. The van der Waals surface area contributed by atoms with Gasteiger partial charge in [0.1, 0.15) is 0 Å². The molecule has 0 fully saturated rings. The molecule has 50 valence electrons. The molecule has 6 nitrogen and oxygen atoms in total. The van der Waals surface area contributed by atoms with Crippen LogP contribution < -0.4 is 5.40 Å². The van der Waals surface area contributed by atoms with E-state index in [2.05, 4.69) is 5.40 Å². The molecule has 5 N–H and O–H groups in total. The minimum atomic E-state index is -4.64. The van der Waals surface area contributed by atoms with E-state index in [1.807, 2.05) is 0 Å². The van der Waals surface area contributed by atoms with E-state index in [9.17, 15) is 0 Å². The molecule has 0 saturated carbocycles. The van der Waals surface area contributed by atoms with E-state index in [1.54, 1.807) is 0 Å². The molecule has 0 aromatic rings. The third-order valence-corrected chi connectivity index (χ3v) is 0. The van der Waals surface area contributed by atoms with Gasteiger partial charge in [-0.25, -0.2) is 4.57 Å². The van der Waals surface area contributed by atoms with Gasteiger partial charge in [0, 0.05) is 0 Å². The maximum atomic E-state index is 8.88. The summed E-state index contributed by atoms with van der Waals surface area (Å²) in [7, 11) is -5.64. The van der Waals surface area contributed by atoms with E-state index in [1.165, 1.54) is 0 Å². The third-order valence-electron chi connectivity index (χ3n) is 0. The number of nitrogens with two attached hydrogens (primary N) is 1. The molecule has 0 aromatic carbocycles. The maximum Gasteiger partial charge on any atom is 0.466 e. The van der Waals surface area contributed by atoms with Crippen LogP contribution in [0.1, 0.15) is 0 Å². The Morgan fingerprint density at radius 1 is 1.38 bits per heavy atom. The van der Waals surface area contributed by atoms with Gasteiger partial charge in [-0.15, -0.1) is 0 Å². The van der Waals surface area contributed by atoms with Crippen LogP contribution in [0.5, 0.6) is 0 Å². The van der Waals surface area contributed by atoms with Crippen molar-refractivity contribution in [2.75, 3.05) is 0 Å². The highest BCUT2D eigenvalue weighted by Crippen LogP contribution is 2.25. The molecule has 0 bridgehead atoms. The van der Waals surface area contributed by atoms with Crippen LogP contribution >= 0.6 is 7.82 Å². The molecule has 0 amide bonds. The number of phosphoric acid groups is 1. The maximum absolute atomic E-state index is 8.88. The Morgan fingerprint density at radius 3 is 1.38 bits per heavy atom. The van der Waals surface area contributed by atoms with E-state index < -0.39 is 17.4 Å². The fourth-order valence-electron chi connectivity index (χ4n) is 0. The predicted molar refractivity (Wildman–Crippen MR) is 26.3 cm³/mol. The molecular formula is H6NO5PSi. The molecule has 0 heterocycles. The second kappa shape index (κ2) is 5.07. The summed E-state index contributed by atoms with van der Waals surface area (Å²) in [4.78, 5) is 21.6. The highest BCUT2D eigenvalue weighted by molar-refractivity contribution is 7.45. The second-order valence-electron chi connectivity index (χ2n) is 0.649. The Balaban J connectivity index is 0. The molecular weight excluding hydrogens is 153 g/mol. The lowest BCUT2D eigenvalue weighted by Crippen LogP contribution is -1.86. The summed E-state index contributed by atoms with van der Waals surface area (Å²) >= 11 is 0. The summed E-state index contributed by atoms with van der Waals surface area (Å²) in [6, 6.07) is 0. The summed E-state index contributed by atoms with van der Waals surface area (Å²) in [5, 5.41) is 4.38. The molecule has 0 aliphatic rings. The van der Waals surface area contributed by atoms with Gasteiger partial charge in [0.25, 0.3) is 0 Å².